The molecule has 0 saturated heterocycles. The summed E-state index contributed by atoms with van der Waals surface area (Å²) in [5.41, 5.74) is 0.925. The third kappa shape index (κ3) is 3.70. The standard InChI is InChI=1S/C21H22N6O3S/c1-4-5-11-26-18-16(19(29)24-20(26)30)25(3)17(23-18)15-12-31-21(22-15)27(13(2)28)14-9-7-6-8-10-14/h6-10,12H,4-5,11H2,1-3H3,(H,24,29,30). The highest BCUT2D eigenvalue weighted by Crippen LogP contribution is 2.32. The molecule has 4 aromatic rings. The smallest absolute Gasteiger partial charge is 0.320 e. The van der Waals surface area contributed by atoms with Gasteiger partial charge in [0.05, 0.1) is 5.69 Å². The Morgan fingerprint density at radius 1 is 1.19 bits per heavy atom. The van der Waals surface area contributed by atoms with Gasteiger partial charge in [0, 0.05) is 25.9 Å². The summed E-state index contributed by atoms with van der Waals surface area (Å²) in [6.45, 7) is 3.98. The second-order valence-corrected chi connectivity index (χ2v) is 7.97. The summed E-state index contributed by atoms with van der Waals surface area (Å²) >= 11 is 1.31. The Bertz CT molecular complexity index is 1370. The van der Waals surface area contributed by atoms with Crippen LogP contribution >= 0.6 is 11.3 Å². The molecular formula is C21H22N6O3S. The molecule has 4 rings (SSSR count). The first-order valence-corrected chi connectivity index (χ1v) is 10.8. The molecule has 3 heterocycles. The number of rotatable bonds is 6. The maximum Gasteiger partial charge on any atom is 0.330 e. The number of carbonyl (C=O) groups is 1. The van der Waals surface area contributed by atoms with Gasteiger partial charge in [-0.2, -0.15) is 0 Å². The van der Waals surface area contributed by atoms with Crippen LogP contribution in [0.4, 0.5) is 10.8 Å². The summed E-state index contributed by atoms with van der Waals surface area (Å²) in [5.74, 6) is 0.289. The van der Waals surface area contributed by atoms with E-state index in [1.807, 2.05) is 37.3 Å². The van der Waals surface area contributed by atoms with Crippen LogP contribution in [0, 0.1) is 0 Å². The van der Waals surface area contributed by atoms with Crippen molar-refractivity contribution in [2.24, 2.45) is 7.05 Å². The molecule has 1 N–H and O–H groups in total. The van der Waals surface area contributed by atoms with Gasteiger partial charge in [-0.15, -0.1) is 11.3 Å². The minimum absolute atomic E-state index is 0.165. The van der Waals surface area contributed by atoms with Gasteiger partial charge >= 0.3 is 5.69 Å². The van der Waals surface area contributed by atoms with Crippen LogP contribution in [0.15, 0.2) is 45.3 Å². The van der Waals surface area contributed by atoms with E-state index in [0.717, 1.165) is 12.8 Å². The number of thiazole rings is 1. The van der Waals surface area contributed by atoms with Crippen LogP contribution in [0.25, 0.3) is 22.7 Å². The van der Waals surface area contributed by atoms with Gasteiger partial charge in [-0.1, -0.05) is 31.5 Å². The fourth-order valence-electron chi connectivity index (χ4n) is 3.47. The van der Waals surface area contributed by atoms with E-state index in [9.17, 15) is 14.4 Å². The lowest BCUT2D eigenvalue weighted by molar-refractivity contribution is -0.115. The molecular weight excluding hydrogens is 416 g/mol. The number of carbonyl (C=O) groups excluding carboxylic acids is 1. The number of amides is 1. The van der Waals surface area contributed by atoms with Crippen LogP contribution in [0.5, 0.6) is 0 Å². The van der Waals surface area contributed by atoms with Crippen LogP contribution in [-0.4, -0.2) is 30.0 Å². The minimum Gasteiger partial charge on any atom is -0.320 e. The molecule has 160 valence electrons. The zero-order valence-electron chi connectivity index (χ0n) is 17.5. The van der Waals surface area contributed by atoms with E-state index < -0.39 is 11.2 Å². The molecule has 0 spiro atoms. The Kier molecular flexibility index (Phi) is 5.55. The van der Waals surface area contributed by atoms with E-state index in [0.29, 0.717) is 40.0 Å². The SMILES string of the molecule is CCCCn1c(=O)[nH]c(=O)c2c1nc(-c1csc(N(C(C)=O)c3ccccc3)n1)n2C. The van der Waals surface area contributed by atoms with Gasteiger partial charge in [0.25, 0.3) is 5.56 Å². The van der Waals surface area contributed by atoms with E-state index in [1.54, 1.807) is 17.0 Å². The van der Waals surface area contributed by atoms with Crippen LogP contribution in [0.3, 0.4) is 0 Å². The topological polar surface area (TPSA) is 106 Å². The first-order chi connectivity index (χ1) is 14.9. The summed E-state index contributed by atoms with van der Waals surface area (Å²) < 4.78 is 3.12. The Balaban J connectivity index is 1.84. The summed E-state index contributed by atoms with van der Waals surface area (Å²) in [7, 11) is 1.72. The number of anilines is 2. The summed E-state index contributed by atoms with van der Waals surface area (Å²) in [6, 6.07) is 9.26. The fraction of sp³-hybridized carbons (Fsp3) is 0.286. The van der Waals surface area contributed by atoms with Crippen molar-refractivity contribution in [2.75, 3.05) is 4.90 Å². The first kappa shape index (κ1) is 20.7. The summed E-state index contributed by atoms with van der Waals surface area (Å²) in [4.78, 5) is 50.3. The van der Waals surface area contributed by atoms with Gasteiger partial charge < -0.3 is 4.57 Å². The quantitative estimate of drug-likeness (QED) is 0.498. The number of fused-ring (bicyclic) bond motifs is 1. The number of nitrogens with zero attached hydrogens (tertiary/aromatic N) is 5. The molecule has 1 amide bonds. The number of aryl methyl sites for hydroxylation is 2. The Hall–Kier alpha value is -3.53. The van der Waals surface area contributed by atoms with E-state index in [-0.39, 0.29) is 5.91 Å². The number of benzene rings is 1. The fourth-order valence-corrected chi connectivity index (χ4v) is 4.34. The lowest BCUT2D eigenvalue weighted by Gasteiger charge is -2.17. The van der Waals surface area contributed by atoms with Gasteiger partial charge in [-0.05, 0) is 18.6 Å². The second kappa shape index (κ2) is 8.31. The van der Waals surface area contributed by atoms with Crippen LogP contribution in [0.2, 0.25) is 0 Å². The van der Waals surface area contributed by atoms with E-state index >= 15 is 0 Å². The maximum atomic E-state index is 12.5. The largest absolute Gasteiger partial charge is 0.330 e. The van der Waals surface area contributed by atoms with Crippen molar-refractivity contribution < 1.29 is 4.79 Å². The average molecular weight is 439 g/mol. The molecule has 0 aliphatic carbocycles. The highest BCUT2D eigenvalue weighted by Gasteiger charge is 2.22. The van der Waals surface area contributed by atoms with Gasteiger partial charge in [-0.25, -0.2) is 14.8 Å². The molecule has 10 heteroatoms. The molecule has 0 radical (unpaired) electrons. The molecule has 1 aromatic carbocycles. The first-order valence-electron chi connectivity index (χ1n) is 9.93. The minimum atomic E-state index is -0.487. The molecule has 0 saturated carbocycles. The van der Waals surface area contributed by atoms with Crippen LogP contribution in [-0.2, 0) is 18.4 Å². The summed E-state index contributed by atoms with van der Waals surface area (Å²) in [6.07, 6.45) is 1.70. The van der Waals surface area contributed by atoms with Gasteiger partial charge in [0.1, 0.15) is 5.69 Å². The Labute approximate surface area is 181 Å². The number of imidazole rings is 1. The number of aromatic amines is 1. The van der Waals surface area contributed by atoms with Crippen molar-refractivity contribution in [1.82, 2.24) is 24.1 Å². The number of aromatic nitrogens is 5. The highest BCUT2D eigenvalue weighted by molar-refractivity contribution is 7.14. The molecule has 31 heavy (non-hydrogen) atoms. The Morgan fingerprint density at radius 3 is 2.61 bits per heavy atom. The van der Waals surface area contributed by atoms with Crippen LogP contribution in [0.1, 0.15) is 26.7 Å². The normalized spacial score (nSPS) is 11.2. The molecule has 0 atom stereocenters. The maximum absolute atomic E-state index is 12.5. The third-order valence-electron chi connectivity index (χ3n) is 4.99. The summed E-state index contributed by atoms with van der Waals surface area (Å²) in [5, 5.41) is 2.29. The number of para-hydroxylation sites is 1. The molecule has 0 aliphatic heterocycles. The van der Waals surface area contributed by atoms with Crippen molar-refractivity contribution >= 4 is 39.2 Å². The number of H-pyrrole nitrogens is 1. The second-order valence-electron chi connectivity index (χ2n) is 7.14. The van der Waals surface area contributed by atoms with Gasteiger partial charge in [-0.3, -0.25) is 24.0 Å². The predicted octanol–water partition coefficient (Wildman–Crippen LogP) is 3.03. The zero-order chi connectivity index (χ0) is 22.1. The highest BCUT2D eigenvalue weighted by atomic mass is 32.1. The molecule has 0 unspecified atom stereocenters. The molecule has 9 nitrogen and oxygen atoms in total. The zero-order valence-corrected chi connectivity index (χ0v) is 18.3. The molecule has 3 aromatic heterocycles. The number of hydrogen-bond acceptors (Lipinski definition) is 6. The molecule has 0 fully saturated rings. The number of nitrogens with one attached hydrogen (secondary N) is 1. The predicted molar refractivity (Wildman–Crippen MR) is 121 cm³/mol. The van der Waals surface area contributed by atoms with Crippen molar-refractivity contribution in [3.63, 3.8) is 0 Å². The molecule has 0 bridgehead atoms. The van der Waals surface area contributed by atoms with Crippen LogP contribution < -0.4 is 16.1 Å². The Morgan fingerprint density at radius 2 is 1.94 bits per heavy atom. The third-order valence-corrected chi connectivity index (χ3v) is 5.82. The van der Waals surface area contributed by atoms with Gasteiger partial charge in [0.15, 0.2) is 22.1 Å². The van der Waals surface area contributed by atoms with Crippen molar-refractivity contribution in [1.29, 1.82) is 0 Å². The van der Waals surface area contributed by atoms with E-state index in [1.165, 1.54) is 27.7 Å². The lowest BCUT2D eigenvalue weighted by Crippen LogP contribution is -2.31. The van der Waals surface area contributed by atoms with E-state index in [2.05, 4.69) is 15.0 Å². The molecule has 0 aliphatic rings. The number of unbranched alkanes of at least 4 members (excludes halogenated alkanes) is 1. The average Bonchev–Trinajstić information content (AvgIpc) is 3.33. The van der Waals surface area contributed by atoms with E-state index in [4.69, 9.17) is 0 Å². The van der Waals surface area contributed by atoms with Crippen molar-refractivity contribution in [3.8, 4) is 11.5 Å². The monoisotopic (exact) mass is 438 g/mol. The van der Waals surface area contributed by atoms with Gasteiger partial charge in [0.2, 0.25) is 5.91 Å². The number of hydrogen-bond donors (Lipinski definition) is 1. The van der Waals surface area contributed by atoms with Crippen molar-refractivity contribution in [3.05, 3.63) is 56.5 Å². The van der Waals surface area contributed by atoms with Crippen molar-refractivity contribution in [2.45, 2.75) is 33.2 Å². The lowest BCUT2D eigenvalue weighted by atomic mass is 10.3.